The van der Waals surface area contributed by atoms with Crippen molar-refractivity contribution >= 4 is 11.6 Å². The quantitative estimate of drug-likeness (QED) is 0.535. The standard InChI is InChI=1S/C29H30N2O3/c1-20-16-23(18-24(17-20)34-3)29(27(32)25-10-6-7-11-26(25)28(29)33)31-14-12-30(13-15-31)19-22-9-5-4-8-21(22)2/h4-11,16-18H,12-15,19H2,1-3H3. The second-order valence-corrected chi connectivity index (χ2v) is 9.34. The molecule has 2 aliphatic rings. The van der Waals surface area contributed by atoms with Crippen molar-refractivity contribution in [3.8, 4) is 5.75 Å². The van der Waals surface area contributed by atoms with Gasteiger partial charge in [0.05, 0.1) is 7.11 Å². The van der Waals surface area contributed by atoms with E-state index in [0.717, 1.165) is 25.2 Å². The maximum absolute atomic E-state index is 14.0. The average molecular weight is 455 g/mol. The number of benzene rings is 3. The van der Waals surface area contributed by atoms with Crippen molar-refractivity contribution in [1.82, 2.24) is 9.80 Å². The van der Waals surface area contributed by atoms with E-state index in [1.807, 2.05) is 37.3 Å². The van der Waals surface area contributed by atoms with E-state index in [2.05, 4.69) is 41.0 Å². The van der Waals surface area contributed by atoms with Crippen LogP contribution in [-0.4, -0.2) is 54.7 Å². The van der Waals surface area contributed by atoms with Crippen LogP contribution in [0.2, 0.25) is 0 Å². The molecule has 1 aliphatic heterocycles. The number of ketones is 2. The van der Waals surface area contributed by atoms with E-state index in [4.69, 9.17) is 4.74 Å². The van der Waals surface area contributed by atoms with Gasteiger partial charge in [-0.1, -0.05) is 54.6 Å². The van der Waals surface area contributed by atoms with Crippen molar-refractivity contribution in [3.05, 3.63) is 100 Å². The summed E-state index contributed by atoms with van der Waals surface area (Å²) in [5.41, 5.74) is 3.92. The molecular formula is C29H30N2O3. The first-order valence-corrected chi connectivity index (χ1v) is 11.8. The molecule has 34 heavy (non-hydrogen) atoms. The highest BCUT2D eigenvalue weighted by Gasteiger charge is 2.58. The first kappa shape index (κ1) is 22.5. The van der Waals surface area contributed by atoms with Crippen molar-refractivity contribution in [3.63, 3.8) is 0 Å². The first-order valence-electron chi connectivity index (χ1n) is 11.8. The van der Waals surface area contributed by atoms with Crippen LogP contribution in [-0.2, 0) is 12.1 Å². The van der Waals surface area contributed by atoms with Gasteiger partial charge in [0, 0.05) is 43.9 Å². The number of hydrogen-bond acceptors (Lipinski definition) is 5. The number of ether oxygens (including phenoxy) is 1. The Morgan fingerprint density at radius 1 is 0.824 bits per heavy atom. The molecule has 0 amide bonds. The summed E-state index contributed by atoms with van der Waals surface area (Å²) in [4.78, 5) is 32.6. The van der Waals surface area contributed by atoms with Gasteiger partial charge >= 0.3 is 0 Å². The smallest absolute Gasteiger partial charge is 0.196 e. The van der Waals surface area contributed by atoms with E-state index >= 15 is 0 Å². The van der Waals surface area contributed by atoms with E-state index < -0.39 is 5.54 Å². The predicted octanol–water partition coefficient (Wildman–Crippen LogP) is 4.40. The highest BCUT2D eigenvalue weighted by atomic mass is 16.5. The lowest BCUT2D eigenvalue weighted by molar-refractivity contribution is 0.0278. The van der Waals surface area contributed by atoms with Gasteiger partial charge in [0.2, 0.25) is 0 Å². The van der Waals surface area contributed by atoms with Gasteiger partial charge in [-0.25, -0.2) is 0 Å². The van der Waals surface area contributed by atoms with Gasteiger partial charge in [0.1, 0.15) is 5.75 Å². The summed E-state index contributed by atoms with van der Waals surface area (Å²) in [6, 6.07) is 21.4. The highest BCUT2D eigenvalue weighted by Crippen LogP contribution is 2.44. The minimum Gasteiger partial charge on any atom is -0.497 e. The lowest BCUT2D eigenvalue weighted by atomic mass is 9.81. The van der Waals surface area contributed by atoms with E-state index in [1.165, 1.54) is 11.1 Å². The molecule has 0 N–H and O–H groups in total. The Morgan fingerprint density at radius 3 is 2.06 bits per heavy atom. The number of methoxy groups -OCH3 is 1. The van der Waals surface area contributed by atoms with Crippen LogP contribution in [0.3, 0.4) is 0 Å². The summed E-state index contributed by atoms with van der Waals surface area (Å²) in [7, 11) is 1.61. The van der Waals surface area contributed by atoms with E-state index in [-0.39, 0.29) is 11.6 Å². The SMILES string of the molecule is COc1cc(C)cc(C2(N3CCN(Cc4ccccc4C)CC3)C(=O)c3ccccc3C2=O)c1. The van der Waals surface area contributed by atoms with Crippen LogP contribution in [0.1, 0.15) is 43.0 Å². The maximum atomic E-state index is 14.0. The van der Waals surface area contributed by atoms with Crippen LogP contribution in [0.25, 0.3) is 0 Å². The van der Waals surface area contributed by atoms with Crippen molar-refractivity contribution in [2.75, 3.05) is 33.3 Å². The molecule has 174 valence electrons. The van der Waals surface area contributed by atoms with Crippen LogP contribution in [0.15, 0.2) is 66.7 Å². The summed E-state index contributed by atoms with van der Waals surface area (Å²) in [6.45, 7) is 7.82. The minimum absolute atomic E-state index is 0.131. The average Bonchev–Trinajstić information content (AvgIpc) is 3.08. The number of aryl methyl sites for hydroxylation is 2. The van der Waals surface area contributed by atoms with Gasteiger partial charge in [-0.05, 0) is 48.2 Å². The fourth-order valence-corrected chi connectivity index (χ4v) is 5.45. The molecule has 0 aromatic heterocycles. The Kier molecular flexibility index (Phi) is 5.84. The highest BCUT2D eigenvalue weighted by molar-refractivity contribution is 6.32. The lowest BCUT2D eigenvalue weighted by Gasteiger charge is -2.44. The van der Waals surface area contributed by atoms with Crippen molar-refractivity contribution < 1.29 is 14.3 Å². The number of piperazine rings is 1. The molecule has 1 fully saturated rings. The van der Waals surface area contributed by atoms with E-state index in [0.29, 0.717) is 35.5 Å². The third kappa shape index (κ3) is 3.56. The van der Waals surface area contributed by atoms with Crippen molar-refractivity contribution in [1.29, 1.82) is 0 Å². The van der Waals surface area contributed by atoms with Crippen molar-refractivity contribution in [2.24, 2.45) is 0 Å². The van der Waals surface area contributed by atoms with Gasteiger partial charge in [-0.3, -0.25) is 19.4 Å². The van der Waals surface area contributed by atoms with Gasteiger partial charge in [0.15, 0.2) is 17.1 Å². The Balaban J connectivity index is 1.51. The fraction of sp³-hybridized carbons (Fsp3) is 0.310. The molecule has 0 bridgehead atoms. The van der Waals surface area contributed by atoms with Gasteiger partial charge < -0.3 is 4.74 Å². The Morgan fingerprint density at radius 2 is 1.44 bits per heavy atom. The Bertz CT molecular complexity index is 1220. The topological polar surface area (TPSA) is 49.9 Å². The largest absolute Gasteiger partial charge is 0.497 e. The molecule has 0 atom stereocenters. The van der Waals surface area contributed by atoms with Crippen LogP contribution in [0.4, 0.5) is 0 Å². The lowest BCUT2D eigenvalue weighted by Crippen LogP contribution is -2.60. The summed E-state index contributed by atoms with van der Waals surface area (Å²) in [5.74, 6) is 0.394. The summed E-state index contributed by atoms with van der Waals surface area (Å²) < 4.78 is 5.52. The Labute approximate surface area is 201 Å². The molecule has 1 saturated heterocycles. The van der Waals surface area contributed by atoms with Gasteiger partial charge in [-0.15, -0.1) is 0 Å². The molecule has 0 spiro atoms. The molecule has 0 radical (unpaired) electrons. The maximum Gasteiger partial charge on any atom is 0.196 e. The first-order chi connectivity index (χ1) is 16.4. The van der Waals surface area contributed by atoms with E-state index in [9.17, 15) is 9.59 Å². The summed E-state index contributed by atoms with van der Waals surface area (Å²) >= 11 is 0. The number of hydrogen-bond donors (Lipinski definition) is 0. The number of carbonyl (C=O) groups is 2. The zero-order valence-electron chi connectivity index (χ0n) is 20.0. The molecule has 0 saturated carbocycles. The third-order valence-corrected chi connectivity index (χ3v) is 7.28. The zero-order chi connectivity index (χ0) is 23.9. The normalized spacial score (nSPS) is 18.2. The molecule has 5 rings (SSSR count). The van der Waals surface area contributed by atoms with Crippen LogP contribution in [0.5, 0.6) is 5.75 Å². The molecular weight excluding hydrogens is 424 g/mol. The predicted molar refractivity (Wildman–Crippen MR) is 133 cm³/mol. The second kappa shape index (κ2) is 8.82. The number of rotatable bonds is 5. The molecule has 5 nitrogen and oxygen atoms in total. The number of fused-ring (bicyclic) bond motifs is 1. The third-order valence-electron chi connectivity index (χ3n) is 7.28. The molecule has 1 aliphatic carbocycles. The second-order valence-electron chi connectivity index (χ2n) is 9.34. The van der Waals surface area contributed by atoms with E-state index in [1.54, 1.807) is 19.2 Å². The van der Waals surface area contributed by atoms with Crippen LogP contribution < -0.4 is 4.74 Å². The molecule has 0 unspecified atom stereocenters. The number of nitrogens with zero attached hydrogens (tertiary/aromatic N) is 2. The van der Waals surface area contributed by atoms with Crippen LogP contribution in [0, 0.1) is 13.8 Å². The minimum atomic E-state index is -1.35. The molecule has 3 aromatic rings. The Hall–Kier alpha value is -3.28. The molecule has 1 heterocycles. The number of Topliss-reactive ketones (excluding diaryl/α,β-unsaturated/α-hetero) is 2. The number of carbonyl (C=O) groups excluding carboxylic acids is 2. The van der Waals surface area contributed by atoms with Crippen LogP contribution >= 0.6 is 0 Å². The molecule has 3 aromatic carbocycles. The van der Waals surface area contributed by atoms with Gasteiger partial charge in [-0.2, -0.15) is 0 Å². The van der Waals surface area contributed by atoms with Crippen molar-refractivity contribution in [2.45, 2.75) is 25.9 Å². The van der Waals surface area contributed by atoms with Gasteiger partial charge in [0.25, 0.3) is 0 Å². The summed E-state index contributed by atoms with van der Waals surface area (Å²) in [6.07, 6.45) is 0. The monoisotopic (exact) mass is 454 g/mol. The zero-order valence-corrected chi connectivity index (χ0v) is 20.0. The summed E-state index contributed by atoms with van der Waals surface area (Å²) in [5, 5.41) is 0. The molecule has 5 heteroatoms. The fourth-order valence-electron chi connectivity index (χ4n) is 5.45.